The van der Waals surface area contributed by atoms with Crippen LogP contribution in [-0.2, 0) is 0 Å². The van der Waals surface area contributed by atoms with Crippen LogP contribution in [0.4, 0.5) is 34.1 Å². The zero-order chi connectivity index (χ0) is 48.9. The highest BCUT2D eigenvalue weighted by molar-refractivity contribution is 6.22. The molecule has 9 aromatic carbocycles. The number of fused-ring (bicyclic) bond motifs is 8. The molecule has 4 nitrogen and oxygen atoms in total. The van der Waals surface area contributed by atoms with Crippen LogP contribution >= 0.6 is 0 Å². The number of para-hydroxylation sites is 2. The van der Waals surface area contributed by atoms with Crippen LogP contribution in [0, 0.1) is 27.7 Å². The maximum Gasteiger partial charge on any atom is 0.140 e. The number of hydrogen-bond donors (Lipinski definition) is 0. The molecule has 4 heteroatoms. The standard InChI is InChI=1S/C66H64N2O2/c1-37(2)45-21-15-23-51(29-45)67(63-41(9)17-13-18-42(63)10)53-27-25-47-33-55-57(35-49(47)31-53)69-65-60(40(7)8)62-56-34-48-26-28-54(32-50(48)36-58(56)70-66(62)59(39(5)6)61(55)65)68(64-43(11)19-14-20-44(64)12)52-24-16-22-46(30-52)38(3)4/h13-40H,1-12H3. The molecule has 0 unspecified atom stereocenters. The maximum atomic E-state index is 7.22. The Morgan fingerprint density at radius 1 is 0.343 bits per heavy atom. The predicted octanol–water partition coefficient (Wildman–Crippen LogP) is 20.5. The molecular weight excluding hydrogens is 853 g/mol. The maximum absolute atomic E-state index is 7.22. The molecule has 0 aliphatic carbocycles. The topological polar surface area (TPSA) is 32.8 Å². The van der Waals surface area contributed by atoms with Gasteiger partial charge in [-0.3, -0.25) is 0 Å². The SMILES string of the molecule is Cc1cccc(C)c1N(c1cccc(C(C)C)c1)c1ccc2cc3c(cc2c1)oc1c(C(C)C)c2c(oc4cc5cc(N(c6cccc(C(C)C)c6)c6c(C)cccc6C)ccc5cc42)c(C(C)C)c13. The molecule has 0 saturated carbocycles. The highest BCUT2D eigenvalue weighted by atomic mass is 16.3. The summed E-state index contributed by atoms with van der Waals surface area (Å²) in [5.41, 5.74) is 20.7. The Kier molecular flexibility index (Phi) is 11.1. The molecule has 11 rings (SSSR count). The Balaban J connectivity index is 1.10. The summed E-state index contributed by atoms with van der Waals surface area (Å²) in [7, 11) is 0. The van der Waals surface area contributed by atoms with E-state index in [1.54, 1.807) is 0 Å². The van der Waals surface area contributed by atoms with E-state index in [4.69, 9.17) is 8.83 Å². The summed E-state index contributed by atoms with van der Waals surface area (Å²) in [4.78, 5) is 4.87. The van der Waals surface area contributed by atoms with E-state index < -0.39 is 0 Å². The Labute approximate surface area is 413 Å². The van der Waals surface area contributed by atoms with Crippen LogP contribution in [0.2, 0.25) is 0 Å². The van der Waals surface area contributed by atoms with Gasteiger partial charge in [-0.15, -0.1) is 0 Å². The molecule has 350 valence electrons. The Bertz CT molecular complexity index is 3570. The fourth-order valence-electron chi connectivity index (χ4n) is 11.4. The summed E-state index contributed by atoms with van der Waals surface area (Å²) >= 11 is 0. The van der Waals surface area contributed by atoms with Crippen molar-refractivity contribution in [3.05, 3.63) is 190 Å². The average molecular weight is 917 g/mol. The van der Waals surface area contributed by atoms with Crippen LogP contribution < -0.4 is 9.80 Å². The van der Waals surface area contributed by atoms with Crippen molar-refractivity contribution in [3.8, 4) is 0 Å². The first-order valence-electron chi connectivity index (χ1n) is 25.3. The second kappa shape index (κ2) is 17.3. The molecule has 70 heavy (non-hydrogen) atoms. The minimum absolute atomic E-state index is 0.173. The summed E-state index contributed by atoms with van der Waals surface area (Å²) in [5, 5.41) is 9.21. The van der Waals surface area contributed by atoms with Crippen molar-refractivity contribution < 1.29 is 8.83 Å². The number of nitrogens with zero attached hydrogens (tertiary/aromatic N) is 2. The second-order valence-corrected chi connectivity index (χ2v) is 21.2. The first kappa shape index (κ1) is 45.2. The van der Waals surface area contributed by atoms with Gasteiger partial charge in [0.1, 0.15) is 22.3 Å². The molecule has 2 heterocycles. The fraction of sp³-hybridized carbons (Fsp3) is 0.242. The lowest BCUT2D eigenvalue weighted by molar-refractivity contribution is 0.649. The highest BCUT2D eigenvalue weighted by Crippen LogP contribution is 2.50. The summed E-state index contributed by atoms with van der Waals surface area (Å²) < 4.78 is 14.4. The molecule has 11 aromatic rings. The van der Waals surface area contributed by atoms with Crippen LogP contribution in [0.5, 0.6) is 0 Å². The van der Waals surface area contributed by atoms with Crippen molar-refractivity contribution in [2.75, 3.05) is 9.80 Å². The van der Waals surface area contributed by atoms with Crippen LogP contribution in [-0.4, -0.2) is 0 Å². The summed E-state index contributed by atoms with van der Waals surface area (Å²) in [5.74, 6) is 1.18. The molecule has 0 saturated heterocycles. The molecule has 0 bridgehead atoms. The summed E-state index contributed by atoms with van der Waals surface area (Å²) in [6, 6.07) is 54.2. The van der Waals surface area contributed by atoms with E-state index >= 15 is 0 Å². The molecular formula is C66H64N2O2. The van der Waals surface area contributed by atoms with E-state index in [9.17, 15) is 0 Å². The normalized spacial score (nSPS) is 12.2. The van der Waals surface area contributed by atoms with Crippen molar-refractivity contribution in [1.29, 1.82) is 0 Å². The first-order valence-corrected chi connectivity index (χ1v) is 25.3. The van der Waals surface area contributed by atoms with Gasteiger partial charge in [-0.25, -0.2) is 0 Å². The average Bonchev–Trinajstić information content (AvgIpc) is 3.88. The van der Waals surface area contributed by atoms with Crippen molar-refractivity contribution in [3.63, 3.8) is 0 Å². The molecule has 0 spiro atoms. The molecule has 0 fully saturated rings. The molecule has 0 radical (unpaired) electrons. The number of rotatable bonds is 10. The van der Waals surface area contributed by atoms with Crippen LogP contribution in [0.3, 0.4) is 0 Å². The van der Waals surface area contributed by atoms with Gasteiger partial charge in [-0.05, 0) is 179 Å². The minimum atomic E-state index is 0.173. The third-order valence-electron chi connectivity index (χ3n) is 14.9. The van der Waals surface area contributed by atoms with Crippen molar-refractivity contribution in [2.24, 2.45) is 0 Å². The fourth-order valence-corrected chi connectivity index (χ4v) is 11.4. The third-order valence-corrected chi connectivity index (χ3v) is 14.9. The van der Waals surface area contributed by atoms with Crippen molar-refractivity contribution >= 4 is 99.5 Å². The van der Waals surface area contributed by atoms with Crippen LogP contribution in [0.25, 0.3) is 65.4 Å². The van der Waals surface area contributed by atoms with Crippen LogP contribution in [0.1, 0.15) is 124 Å². The second-order valence-electron chi connectivity index (χ2n) is 21.2. The largest absolute Gasteiger partial charge is 0.456 e. The van der Waals surface area contributed by atoms with Crippen molar-refractivity contribution in [1.82, 2.24) is 0 Å². The van der Waals surface area contributed by atoms with E-state index in [-0.39, 0.29) is 11.8 Å². The van der Waals surface area contributed by atoms with E-state index in [1.807, 2.05) is 0 Å². The Morgan fingerprint density at radius 3 is 1.06 bits per heavy atom. The summed E-state index contributed by atoms with van der Waals surface area (Å²) in [6.07, 6.45) is 0. The van der Waals surface area contributed by atoms with Gasteiger partial charge in [0.25, 0.3) is 0 Å². The number of hydrogen-bond acceptors (Lipinski definition) is 4. The summed E-state index contributed by atoms with van der Waals surface area (Å²) in [6.45, 7) is 27.1. The van der Waals surface area contributed by atoms with E-state index in [1.165, 1.54) is 66.7 Å². The van der Waals surface area contributed by atoms with Gasteiger partial charge in [0.15, 0.2) is 0 Å². The number of furan rings is 2. The molecule has 0 amide bonds. The first-order chi connectivity index (χ1) is 33.7. The lowest BCUT2D eigenvalue weighted by Gasteiger charge is -2.29. The van der Waals surface area contributed by atoms with Gasteiger partial charge in [0.2, 0.25) is 0 Å². The highest BCUT2D eigenvalue weighted by Gasteiger charge is 2.29. The quantitative estimate of drug-likeness (QED) is 0.137. The minimum Gasteiger partial charge on any atom is -0.456 e. The van der Waals surface area contributed by atoms with Gasteiger partial charge in [-0.1, -0.05) is 128 Å². The van der Waals surface area contributed by atoms with Crippen LogP contribution in [0.15, 0.2) is 154 Å². The Morgan fingerprint density at radius 2 is 0.700 bits per heavy atom. The number of aryl methyl sites for hydroxylation is 4. The predicted molar refractivity (Wildman–Crippen MR) is 301 cm³/mol. The third kappa shape index (κ3) is 7.42. The van der Waals surface area contributed by atoms with Crippen molar-refractivity contribution in [2.45, 2.75) is 107 Å². The van der Waals surface area contributed by atoms with E-state index in [0.29, 0.717) is 11.8 Å². The number of anilines is 6. The monoisotopic (exact) mass is 916 g/mol. The van der Waals surface area contributed by atoms with Gasteiger partial charge in [0.05, 0.1) is 11.4 Å². The smallest absolute Gasteiger partial charge is 0.140 e. The molecule has 0 N–H and O–H groups in total. The van der Waals surface area contributed by atoms with Gasteiger partial charge in [-0.2, -0.15) is 0 Å². The zero-order valence-corrected chi connectivity index (χ0v) is 42.9. The molecule has 2 aromatic heterocycles. The zero-order valence-electron chi connectivity index (χ0n) is 42.9. The van der Waals surface area contributed by atoms with Gasteiger partial charge >= 0.3 is 0 Å². The molecule has 0 atom stereocenters. The molecule has 0 aliphatic heterocycles. The Hall–Kier alpha value is -7.30. The number of benzene rings is 9. The lowest BCUT2D eigenvalue weighted by Crippen LogP contribution is -2.13. The van der Waals surface area contributed by atoms with Gasteiger partial charge in [0, 0.05) is 55.4 Å². The lowest BCUT2D eigenvalue weighted by atomic mass is 9.87. The van der Waals surface area contributed by atoms with Gasteiger partial charge < -0.3 is 18.6 Å². The molecule has 0 aliphatic rings. The van der Waals surface area contributed by atoms with E-state index in [2.05, 4.69) is 238 Å². The van der Waals surface area contributed by atoms with E-state index in [0.717, 1.165) is 77.4 Å².